The van der Waals surface area contributed by atoms with Crippen molar-refractivity contribution < 1.29 is 0 Å². The van der Waals surface area contributed by atoms with Crippen molar-refractivity contribution in [3.05, 3.63) is 203 Å². The van der Waals surface area contributed by atoms with Crippen molar-refractivity contribution in [1.29, 1.82) is 0 Å². The van der Waals surface area contributed by atoms with Crippen LogP contribution in [0.4, 0.5) is 0 Å². The molecule has 11 aromatic rings. The average molecular weight is 851 g/mol. The van der Waals surface area contributed by atoms with Crippen LogP contribution < -0.4 is 0 Å². The van der Waals surface area contributed by atoms with E-state index in [0.29, 0.717) is 0 Å². The van der Waals surface area contributed by atoms with E-state index in [4.69, 9.17) is 0 Å². The highest BCUT2D eigenvalue weighted by Crippen LogP contribution is 2.32. The summed E-state index contributed by atoms with van der Waals surface area (Å²) in [5, 5.41) is 20.7. The fourth-order valence-electron chi connectivity index (χ4n) is 10.3. The van der Waals surface area contributed by atoms with Crippen molar-refractivity contribution in [3.63, 3.8) is 0 Å². The van der Waals surface area contributed by atoms with Gasteiger partial charge in [0.1, 0.15) is 0 Å². The molecule has 66 heavy (non-hydrogen) atoms. The molecule has 0 nitrogen and oxygen atoms in total. The maximum Gasteiger partial charge on any atom is -0.0171 e. The summed E-state index contributed by atoms with van der Waals surface area (Å²) in [4.78, 5) is 0. The van der Waals surface area contributed by atoms with Crippen molar-refractivity contribution in [1.82, 2.24) is 0 Å². The topological polar surface area (TPSA) is 0 Å². The van der Waals surface area contributed by atoms with Crippen molar-refractivity contribution in [2.24, 2.45) is 0 Å². The van der Waals surface area contributed by atoms with Gasteiger partial charge < -0.3 is 0 Å². The molecule has 0 N–H and O–H groups in total. The SMILES string of the molecule is CCCCCCc1ccc2cc3cc4cc(/C=C/c5ccc6cc7cc(/C=C/c8ccc9cc%10cc%11ccc(CCCCCC)cc%11cc%10cc9c8)ccc7cc6c5)ccc4cc3cc2c1. The van der Waals surface area contributed by atoms with Crippen molar-refractivity contribution >= 4 is 110 Å². The van der Waals surface area contributed by atoms with Crippen LogP contribution in [0.2, 0.25) is 0 Å². The Balaban J connectivity index is 0.788. The predicted octanol–water partition coefficient (Wildman–Crippen LogP) is 19.5. The normalized spacial score (nSPS) is 12.3. The highest BCUT2D eigenvalue weighted by Gasteiger charge is 2.07. The number of unbranched alkanes of at least 4 members (excludes halogenated alkanes) is 6. The van der Waals surface area contributed by atoms with E-state index in [1.165, 1.54) is 184 Å². The number of aryl methyl sites for hydroxylation is 2. The van der Waals surface area contributed by atoms with Gasteiger partial charge in [0, 0.05) is 0 Å². The van der Waals surface area contributed by atoms with E-state index in [1.54, 1.807) is 0 Å². The maximum absolute atomic E-state index is 2.41. The minimum Gasteiger partial charge on any atom is -0.0654 e. The maximum atomic E-state index is 2.41. The monoisotopic (exact) mass is 850 g/mol. The molecule has 0 radical (unpaired) electrons. The van der Waals surface area contributed by atoms with Gasteiger partial charge in [0.15, 0.2) is 0 Å². The van der Waals surface area contributed by atoms with Gasteiger partial charge in [0.2, 0.25) is 0 Å². The Hall–Kier alpha value is -7.02. The predicted molar refractivity (Wildman–Crippen MR) is 293 cm³/mol. The number of benzene rings is 11. The number of fused-ring (bicyclic) bond motifs is 8. The van der Waals surface area contributed by atoms with Gasteiger partial charge in [-0.1, -0.05) is 162 Å². The highest BCUT2D eigenvalue weighted by atomic mass is 14.1. The van der Waals surface area contributed by atoms with E-state index in [-0.39, 0.29) is 0 Å². The van der Waals surface area contributed by atoms with Crippen LogP contribution in [0.3, 0.4) is 0 Å². The van der Waals surface area contributed by atoms with E-state index in [9.17, 15) is 0 Å². The molecule has 0 saturated carbocycles. The number of rotatable bonds is 14. The minimum absolute atomic E-state index is 1.17. The first-order chi connectivity index (χ1) is 32.5. The molecule has 0 heteroatoms. The van der Waals surface area contributed by atoms with Crippen LogP contribution in [0, 0.1) is 0 Å². The van der Waals surface area contributed by atoms with Crippen LogP contribution in [0.5, 0.6) is 0 Å². The molecule has 11 rings (SSSR count). The van der Waals surface area contributed by atoms with E-state index in [1.807, 2.05) is 0 Å². The lowest BCUT2D eigenvalue weighted by atomic mass is 9.96. The van der Waals surface area contributed by atoms with Crippen LogP contribution >= 0.6 is 0 Å². The quantitative estimate of drug-likeness (QED) is 0.0581. The summed E-state index contributed by atoms with van der Waals surface area (Å²) in [6.07, 6.45) is 21.7. The third-order valence-corrected chi connectivity index (χ3v) is 14.1. The molecular formula is C66H58. The summed E-state index contributed by atoms with van der Waals surface area (Å²) in [6, 6.07) is 65.0. The van der Waals surface area contributed by atoms with Crippen LogP contribution in [-0.4, -0.2) is 0 Å². The first-order valence-electron chi connectivity index (χ1n) is 24.6. The van der Waals surface area contributed by atoms with Crippen LogP contribution in [0.25, 0.3) is 110 Å². The molecule has 0 fully saturated rings. The van der Waals surface area contributed by atoms with Crippen molar-refractivity contribution in [3.8, 4) is 0 Å². The van der Waals surface area contributed by atoms with Gasteiger partial charge >= 0.3 is 0 Å². The second kappa shape index (κ2) is 18.5. The van der Waals surface area contributed by atoms with Crippen LogP contribution in [-0.2, 0) is 12.8 Å². The molecule has 0 aliphatic rings. The zero-order valence-corrected chi connectivity index (χ0v) is 38.5. The van der Waals surface area contributed by atoms with Gasteiger partial charge in [-0.2, -0.15) is 0 Å². The second-order valence-corrected chi connectivity index (χ2v) is 19.0. The number of hydrogen-bond donors (Lipinski definition) is 0. The molecule has 0 bridgehead atoms. The van der Waals surface area contributed by atoms with Gasteiger partial charge in [-0.3, -0.25) is 0 Å². The average Bonchev–Trinajstić information content (AvgIpc) is 3.34. The molecule has 0 spiro atoms. The van der Waals surface area contributed by atoms with Crippen LogP contribution in [0.15, 0.2) is 170 Å². The van der Waals surface area contributed by atoms with Gasteiger partial charge in [-0.05, 0) is 230 Å². The van der Waals surface area contributed by atoms with Crippen molar-refractivity contribution in [2.45, 2.75) is 78.1 Å². The van der Waals surface area contributed by atoms with Gasteiger partial charge in [0.25, 0.3) is 0 Å². The molecule has 0 unspecified atom stereocenters. The first kappa shape index (κ1) is 41.7. The largest absolute Gasteiger partial charge is 0.0654 e. The smallest absolute Gasteiger partial charge is 0.0171 e. The molecule has 0 aromatic heterocycles. The van der Waals surface area contributed by atoms with Gasteiger partial charge in [0.05, 0.1) is 0 Å². The summed E-state index contributed by atoms with van der Waals surface area (Å²) >= 11 is 0. The Bertz CT molecular complexity index is 3670. The van der Waals surface area contributed by atoms with Gasteiger partial charge in [-0.25, -0.2) is 0 Å². The first-order valence-corrected chi connectivity index (χ1v) is 24.6. The molecule has 0 heterocycles. The van der Waals surface area contributed by atoms with E-state index in [2.05, 4.69) is 208 Å². The van der Waals surface area contributed by atoms with E-state index in [0.717, 1.165) is 0 Å². The highest BCUT2D eigenvalue weighted by molar-refractivity contribution is 6.07. The Kier molecular flexibility index (Phi) is 11.7. The molecule has 0 aliphatic heterocycles. The zero-order chi connectivity index (χ0) is 44.4. The third kappa shape index (κ3) is 8.98. The fraction of sp³-hybridized carbons (Fsp3) is 0.182. The lowest BCUT2D eigenvalue weighted by Crippen LogP contribution is -1.87. The molecule has 0 saturated heterocycles. The van der Waals surface area contributed by atoms with Gasteiger partial charge in [-0.15, -0.1) is 0 Å². The summed E-state index contributed by atoms with van der Waals surface area (Å²) < 4.78 is 0. The molecule has 322 valence electrons. The Labute approximate surface area is 389 Å². The second-order valence-electron chi connectivity index (χ2n) is 19.0. The molecule has 0 amide bonds. The lowest BCUT2D eigenvalue weighted by Gasteiger charge is -2.08. The fourth-order valence-corrected chi connectivity index (χ4v) is 10.3. The third-order valence-electron chi connectivity index (χ3n) is 14.1. The summed E-state index contributed by atoms with van der Waals surface area (Å²) in [5.41, 5.74) is 7.74. The summed E-state index contributed by atoms with van der Waals surface area (Å²) in [5.74, 6) is 0. The van der Waals surface area contributed by atoms with Crippen LogP contribution in [0.1, 0.15) is 98.6 Å². The molecule has 0 aliphatic carbocycles. The Morgan fingerprint density at radius 2 is 0.470 bits per heavy atom. The van der Waals surface area contributed by atoms with E-state index < -0.39 is 0 Å². The van der Waals surface area contributed by atoms with E-state index >= 15 is 0 Å². The Morgan fingerprint density at radius 3 is 0.758 bits per heavy atom. The Morgan fingerprint density at radius 1 is 0.227 bits per heavy atom. The molecule has 0 atom stereocenters. The molecular weight excluding hydrogens is 793 g/mol. The summed E-state index contributed by atoms with van der Waals surface area (Å²) in [7, 11) is 0. The van der Waals surface area contributed by atoms with Crippen molar-refractivity contribution in [2.75, 3.05) is 0 Å². The zero-order valence-electron chi connectivity index (χ0n) is 38.5. The standard InChI is InChI=1S/C66H58/c1-3-5-7-9-11-45-18-24-54-39-65-42-61-33-49(22-28-56(61)40-64(65)41-59(54)29-45)15-13-47-19-25-51-36-58-32-48(20-26-52(58)35-57(51)31-47)14-16-50-21-27-55-38-63-37-53-23-17-46(12-10-8-6-4-2)30-60(53)43-66(63)44-62(55)34-50/h13-44H,3-12H2,1-2H3/b15-13+,16-14+. The summed E-state index contributed by atoms with van der Waals surface area (Å²) in [6.45, 7) is 4.56. The molecule has 11 aromatic carbocycles. The lowest BCUT2D eigenvalue weighted by molar-refractivity contribution is 0.667. The number of hydrogen-bond acceptors (Lipinski definition) is 0. The minimum atomic E-state index is 1.17.